The zero-order valence-electron chi connectivity index (χ0n) is 9.58. The van der Waals surface area contributed by atoms with Gasteiger partial charge in [-0.1, -0.05) is 6.92 Å². The lowest BCUT2D eigenvalue weighted by atomic mass is 10.1. The van der Waals surface area contributed by atoms with E-state index >= 15 is 0 Å². The number of anilines is 1. The number of rotatable bonds is 5. The normalized spacial score (nSPS) is 12.3. The van der Waals surface area contributed by atoms with E-state index in [2.05, 4.69) is 5.32 Å². The molecule has 0 heterocycles. The predicted octanol–water partition coefficient (Wildman–Crippen LogP) is 2.04. The Morgan fingerprint density at radius 1 is 1.47 bits per heavy atom. The number of aliphatic hydroxyl groups excluding tert-OH is 1. The Labute approximate surface area is 91.1 Å². The van der Waals surface area contributed by atoms with Gasteiger partial charge in [0.25, 0.3) is 0 Å². The molecule has 1 aromatic carbocycles. The van der Waals surface area contributed by atoms with Crippen molar-refractivity contribution < 1.29 is 9.84 Å². The van der Waals surface area contributed by atoms with Crippen LogP contribution in [0.3, 0.4) is 0 Å². The molecule has 0 aliphatic rings. The van der Waals surface area contributed by atoms with Gasteiger partial charge in [0.15, 0.2) is 0 Å². The number of aliphatic hydroxyl groups is 1. The van der Waals surface area contributed by atoms with Crippen molar-refractivity contribution in [3.63, 3.8) is 0 Å². The maximum atomic E-state index is 8.89. The first-order valence-corrected chi connectivity index (χ1v) is 5.16. The molecule has 0 radical (unpaired) electrons. The second kappa shape index (κ2) is 5.61. The molecule has 1 aromatic rings. The van der Waals surface area contributed by atoms with Crippen LogP contribution < -0.4 is 10.1 Å². The Kier molecular flexibility index (Phi) is 4.43. The minimum atomic E-state index is 0.210. The van der Waals surface area contributed by atoms with Gasteiger partial charge in [-0.15, -0.1) is 0 Å². The van der Waals surface area contributed by atoms with Gasteiger partial charge in [-0.3, -0.25) is 0 Å². The fourth-order valence-corrected chi connectivity index (χ4v) is 1.35. The minimum absolute atomic E-state index is 0.210. The Balaban J connectivity index is 2.59. The molecular formula is C12H19NO2. The molecule has 84 valence electrons. The van der Waals surface area contributed by atoms with Gasteiger partial charge < -0.3 is 15.2 Å². The predicted molar refractivity (Wildman–Crippen MR) is 62.5 cm³/mol. The zero-order valence-corrected chi connectivity index (χ0v) is 9.58. The molecule has 0 fully saturated rings. The van der Waals surface area contributed by atoms with Crippen molar-refractivity contribution in [2.75, 3.05) is 25.6 Å². The van der Waals surface area contributed by atoms with Crippen LogP contribution in [0, 0.1) is 12.8 Å². The van der Waals surface area contributed by atoms with Crippen LogP contribution in [0.1, 0.15) is 12.5 Å². The average molecular weight is 209 g/mol. The Hall–Kier alpha value is -1.22. The molecule has 0 saturated heterocycles. The molecule has 1 atom stereocenters. The van der Waals surface area contributed by atoms with Crippen molar-refractivity contribution in [2.24, 2.45) is 5.92 Å². The summed E-state index contributed by atoms with van der Waals surface area (Å²) in [5.41, 5.74) is 2.17. The molecule has 0 aromatic heterocycles. The number of hydrogen-bond acceptors (Lipinski definition) is 3. The quantitative estimate of drug-likeness (QED) is 0.779. The molecule has 2 N–H and O–H groups in total. The monoisotopic (exact) mass is 209 g/mol. The Morgan fingerprint density at radius 3 is 2.73 bits per heavy atom. The molecule has 0 amide bonds. The van der Waals surface area contributed by atoms with Crippen LogP contribution in [-0.4, -0.2) is 25.4 Å². The second-order valence-corrected chi connectivity index (χ2v) is 3.85. The lowest BCUT2D eigenvalue weighted by Gasteiger charge is -2.12. The zero-order chi connectivity index (χ0) is 11.3. The molecule has 15 heavy (non-hydrogen) atoms. The van der Waals surface area contributed by atoms with E-state index < -0.39 is 0 Å². The van der Waals surface area contributed by atoms with E-state index in [1.165, 1.54) is 0 Å². The van der Waals surface area contributed by atoms with Crippen LogP contribution in [0.2, 0.25) is 0 Å². The third-order valence-electron chi connectivity index (χ3n) is 2.36. The topological polar surface area (TPSA) is 41.5 Å². The van der Waals surface area contributed by atoms with Crippen LogP contribution in [0.4, 0.5) is 5.69 Å². The Bertz CT molecular complexity index is 312. The van der Waals surface area contributed by atoms with Crippen LogP contribution in [0.15, 0.2) is 18.2 Å². The van der Waals surface area contributed by atoms with E-state index in [-0.39, 0.29) is 12.5 Å². The summed E-state index contributed by atoms with van der Waals surface area (Å²) in [6.45, 7) is 5.01. The van der Waals surface area contributed by atoms with Gasteiger partial charge in [0.05, 0.1) is 7.11 Å². The van der Waals surface area contributed by atoms with Gasteiger partial charge in [0, 0.05) is 18.8 Å². The highest BCUT2D eigenvalue weighted by Gasteiger charge is 2.02. The number of hydrogen-bond donors (Lipinski definition) is 2. The molecule has 1 unspecified atom stereocenters. The largest absolute Gasteiger partial charge is 0.496 e. The van der Waals surface area contributed by atoms with Gasteiger partial charge in [-0.2, -0.15) is 0 Å². The van der Waals surface area contributed by atoms with E-state index in [9.17, 15) is 0 Å². The SMILES string of the molecule is COc1ccc(NCC(C)CO)cc1C. The number of nitrogens with one attached hydrogen (secondary N) is 1. The van der Waals surface area contributed by atoms with Gasteiger partial charge in [0.2, 0.25) is 0 Å². The first kappa shape index (κ1) is 11.9. The standard InChI is InChI=1S/C12H19NO2/c1-9(8-14)7-13-11-4-5-12(15-3)10(2)6-11/h4-6,9,13-14H,7-8H2,1-3H3. The summed E-state index contributed by atoms with van der Waals surface area (Å²) in [6.07, 6.45) is 0. The van der Waals surface area contributed by atoms with E-state index in [1.807, 2.05) is 32.0 Å². The first-order valence-electron chi connectivity index (χ1n) is 5.16. The van der Waals surface area contributed by atoms with Gasteiger partial charge in [-0.05, 0) is 36.6 Å². The number of aryl methyl sites for hydroxylation is 1. The summed E-state index contributed by atoms with van der Waals surface area (Å²) in [5, 5.41) is 12.2. The molecule has 1 rings (SSSR count). The summed E-state index contributed by atoms with van der Waals surface area (Å²) < 4.78 is 5.18. The highest BCUT2D eigenvalue weighted by Crippen LogP contribution is 2.21. The third-order valence-corrected chi connectivity index (χ3v) is 2.36. The Morgan fingerprint density at radius 2 is 2.20 bits per heavy atom. The van der Waals surface area contributed by atoms with Crippen molar-refractivity contribution in [1.82, 2.24) is 0 Å². The second-order valence-electron chi connectivity index (χ2n) is 3.85. The van der Waals surface area contributed by atoms with Crippen LogP contribution >= 0.6 is 0 Å². The van der Waals surface area contributed by atoms with Crippen LogP contribution in [0.25, 0.3) is 0 Å². The van der Waals surface area contributed by atoms with Crippen molar-refractivity contribution in [1.29, 1.82) is 0 Å². The maximum Gasteiger partial charge on any atom is 0.121 e. The van der Waals surface area contributed by atoms with E-state index in [0.717, 1.165) is 23.5 Å². The van der Waals surface area contributed by atoms with Crippen molar-refractivity contribution >= 4 is 5.69 Å². The van der Waals surface area contributed by atoms with Gasteiger partial charge >= 0.3 is 0 Å². The highest BCUT2D eigenvalue weighted by molar-refractivity contribution is 5.50. The molecule has 3 heteroatoms. The number of benzene rings is 1. The van der Waals surface area contributed by atoms with Crippen LogP contribution in [0.5, 0.6) is 5.75 Å². The minimum Gasteiger partial charge on any atom is -0.496 e. The van der Waals surface area contributed by atoms with Gasteiger partial charge in [0.1, 0.15) is 5.75 Å². The smallest absolute Gasteiger partial charge is 0.121 e. The highest BCUT2D eigenvalue weighted by atomic mass is 16.5. The maximum absolute atomic E-state index is 8.89. The molecule has 0 aliphatic heterocycles. The summed E-state index contributed by atoms with van der Waals surface area (Å²) >= 11 is 0. The lowest BCUT2D eigenvalue weighted by molar-refractivity contribution is 0.244. The molecule has 0 saturated carbocycles. The summed E-state index contributed by atoms with van der Waals surface area (Å²) in [6, 6.07) is 5.97. The summed E-state index contributed by atoms with van der Waals surface area (Å²) in [5.74, 6) is 1.17. The van der Waals surface area contributed by atoms with E-state index in [0.29, 0.717) is 0 Å². The van der Waals surface area contributed by atoms with Crippen LogP contribution in [-0.2, 0) is 0 Å². The van der Waals surface area contributed by atoms with Crippen molar-refractivity contribution in [3.8, 4) is 5.75 Å². The molecule has 0 aliphatic carbocycles. The number of methoxy groups -OCH3 is 1. The molecule has 3 nitrogen and oxygen atoms in total. The first-order chi connectivity index (χ1) is 7.17. The third kappa shape index (κ3) is 3.44. The average Bonchev–Trinajstić information content (AvgIpc) is 2.26. The van der Waals surface area contributed by atoms with Gasteiger partial charge in [-0.25, -0.2) is 0 Å². The molecule has 0 spiro atoms. The summed E-state index contributed by atoms with van der Waals surface area (Å²) in [7, 11) is 1.67. The van der Waals surface area contributed by atoms with E-state index in [1.54, 1.807) is 7.11 Å². The fraction of sp³-hybridized carbons (Fsp3) is 0.500. The van der Waals surface area contributed by atoms with Crippen molar-refractivity contribution in [3.05, 3.63) is 23.8 Å². The fourth-order valence-electron chi connectivity index (χ4n) is 1.35. The molecule has 0 bridgehead atoms. The number of ether oxygens (including phenoxy) is 1. The van der Waals surface area contributed by atoms with E-state index in [4.69, 9.17) is 9.84 Å². The lowest BCUT2D eigenvalue weighted by Crippen LogP contribution is -2.14. The summed E-state index contributed by atoms with van der Waals surface area (Å²) in [4.78, 5) is 0. The van der Waals surface area contributed by atoms with Crippen molar-refractivity contribution in [2.45, 2.75) is 13.8 Å². The molecular weight excluding hydrogens is 190 g/mol.